The standard InChI is InChI=1S/C18H19N3O3S/c1-22-12-8-7-10(9-13(12)23-2)17-20-21-18(24-17)15-11-5-3-4-6-14(11)25-16(15)19/h7-9H,3-6,19H2,1-2H3. The Bertz CT molecular complexity index is 916. The maximum absolute atomic E-state index is 6.24. The Morgan fingerprint density at radius 3 is 2.60 bits per heavy atom. The Labute approximate surface area is 149 Å². The van der Waals surface area contributed by atoms with Crippen LogP contribution in [0.1, 0.15) is 23.3 Å². The normalized spacial score (nSPS) is 13.5. The number of ether oxygens (including phenoxy) is 2. The zero-order valence-electron chi connectivity index (χ0n) is 14.2. The van der Waals surface area contributed by atoms with Gasteiger partial charge >= 0.3 is 0 Å². The fourth-order valence-corrected chi connectivity index (χ4v) is 4.38. The molecule has 4 rings (SSSR count). The minimum Gasteiger partial charge on any atom is -0.493 e. The third-order valence-electron chi connectivity index (χ3n) is 4.47. The molecule has 0 unspecified atom stereocenters. The summed E-state index contributed by atoms with van der Waals surface area (Å²) in [5.41, 5.74) is 9.21. The first-order chi connectivity index (χ1) is 12.2. The summed E-state index contributed by atoms with van der Waals surface area (Å²) in [5, 5.41) is 9.20. The summed E-state index contributed by atoms with van der Waals surface area (Å²) >= 11 is 1.64. The van der Waals surface area contributed by atoms with Gasteiger partial charge in [0.25, 0.3) is 5.89 Å². The maximum atomic E-state index is 6.24. The number of aromatic nitrogens is 2. The summed E-state index contributed by atoms with van der Waals surface area (Å²) in [5.74, 6) is 2.20. The molecule has 0 saturated carbocycles. The number of thiophene rings is 1. The van der Waals surface area contributed by atoms with E-state index in [2.05, 4.69) is 10.2 Å². The third-order valence-corrected chi connectivity index (χ3v) is 5.59. The number of nitrogen functional groups attached to an aromatic ring is 1. The van der Waals surface area contributed by atoms with E-state index in [4.69, 9.17) is 19.6 Å². The topological polar surface area (TPSA) is 83.4 Å². The van der Waals surface area contributed by atoms with E-state index >= 15 is 0 Å². The highest BCUT2D eigenvalue weighted by Crippen LogP contribution is 2.42. The van der Waals surface area contributed by atoms with Crippen molar-refractivity contribution in [3.63, 3.8) is 0 Å². The Hall–Kier alpha value is -2.54. The van der Waals surface area contributed by atoms with Gasteiger partial charge in [0.1, 0.15) is 0 Å². The van der Waals surface area contributed by atoms with Gasteiger partial charge in [0, 0.05) is 10.4 Å². The van der Waals surface area contributed by atoms with Gasteiger partial charge in [-0.15, -0.1) is 21.5 Å². The average Bonchev–Trinajstić information content (AvgIpc) is 3.24. The number of rotatable bonds is 4. The molecule has 25 heavy (non-hydrogen) atoms. The molecule has 0 atom stereocenters. The van der Waals surface area contributed by atoms with E-state index in [0.717, 1.165) is 29.0 Å². The van der Waals surface area contributed by atoms with Gasteiger partial charge in [-0.2, -0.15) is 0 Å². The fourth-order valence-electron chi connectivity index (χ4n) is 3.23. The van der Waals surface area contributed by atoms with Crippen molar-refractivity contribution in [2.45, 2.75) is 25.7 Å². The van der Waals surface area contributed by atoms with Crippen molar-refractivity contribution >= 4 is 16.3 Å². The quantitative estimate of drug-likeness (QED) is 0.761. The first kappa shape index (κ1) is 16.0. The number of methoxy groups -OCH3 is 2. The predicted octanol–water partition coefficient (Wildman–Crippen LogP) is 3.94. The van der Waals surface area contributed by atoms with Gasteiger partial charge in [-0.25, -0.2) is 0 Å². The van der Waals surface area contributed by atoms with Crippen molar-refractivity contribution in [1.29, 1.82) is 0 Å². The molecular weight excluding hydrogens is 338 g/mol. The van der Waals surface area contributed by atoms with Gasteiger partial charge in [-0.1, -0.05) is 0 Å². The third kappa shape index (κ3) is 2.74. The molecule has 1 aliphatic rings. The Morgan fingerprint density at radius 1 is 1.04 bits per heavy atom. The lowest BCUT2D eigenvalue weighted by atomic mass is 9.95. The van der Waals surface area contributed by atoms with Gasteiger partial charge in [-0.05, 0) is 49.4 Å². The van der Waals surface area contributed by atoms with Gasteiger partial charge in [0.05, 0.1) is 24.8 Å². The molecule has 130 valence electrons. The summed E-state index contributed by atoms with van der Waals surface area (Å²) in [6, 6.07) is 5.51. The first-order valence-corrected chi connectivity index (χ1v) is 8.99. The zero-order chi connectivity index (χ0) is 17.4. The van der Waals surface area contributed by atoms with E-state index < -0.39 is 0 Å². The van der Waals surface area contributed by atoms with Crippen LogP contribution in [0.15, 0.2) is 22.6 Å². The van der Waals surface area contributed by atoms with Crippen LogP contribution in [0.4, 0.5) is 5.00 Å². The lowest BCUT2D eigenvalue weighted by Gasteiger charge is -2.10. The molecule has 0 bridgehead atoms. The second kappa shape index (κ2) is 6.40. The van der Waals surface area contributed by atoms with Crippen LogP contribution in [0, 0.1) is 0 Å². The second-order valence-electron chi connectivity index (χ2n) is 5.93. The molecule has 0 fully saturated rings. The Balaban J connectivity index is 1.73. The lowest BCUT2D eigenvalue weighted by molar-refractivity contribution is 0.355. The van der Waals surface area contributed by atoms with Crippen LogP contribution in [0.25, 0.3) is 22.9 Å². The van der Waals surface area contributed by atoms with Crippen molar-refractivity contribution in [2.75, 3.05) is 20.0 Å². The molecule has 1 aromatic carbocycles. The number of fused-ring (bicyclic) bond motifs is 1. The SMILES string of the molecule is COc1ccc(-c2nnc(-c3c(N)sc4c3CCCC4)o2)cc1OC. The molecule has 2 heterocycles. The number of aryl methyl sites for hydroxylation is 1. The van der Waals surface area contributed by atoms with E-state index in [1.54, 1.807) is 25.6 Å². The van der Waals surface area contributed by atoms with Crippen LogP contribution in [0.2, 0.25) is 0 Å². The van der Waals surface area contributed by atoms with Gasteiger partial charge in [0.15, 0.2) is 11.5 Å². The minimum atomic E-state index is 0.436. The molecule has 0 amide bonds. The van der Waals surface area contributed by atoms with Crippen molar-refractivity contribution in [1.82, 2.24) is 10.2 Å². The van der Waals surface area contributed by atoms with E-state index in [1.165, 1.54) is 23.3 Å². The molecule has 3 aromatic rings. The number of hydrogen-bond acceptors (Lipinski definition) is 7. The van der Waals surface area contributed by atoms with Crippen LogP contribution in [0.3, 0.4) is 0 Å². The molecule has 0 spiro atoms. The summed E-state index contributed by atoms with van der Waals surface area (Å²) in [4.78, 5) is 1.35. The smallest absolute Gasteiger partial charge is 0.251 e. The zero-order valence-corrected chi connectivity index (χ0v) is 15.0. The largest absolute Gasteiger partial charge is 0.493 e. The highest BCUT2D eigenvalue weighted by atomic mass is 32.1. The second-order valence-corrected chi connectivity index (χ2v) is 7.07. The monoisotopic (exact) mass is 357 g/mol. The van der Waals surface area contributed by atoms with E-state index in [0.29, 0.717) is 23.3 Å². The Kier molecular flexibility index (Phi) is 4.09. The molecule has 0 radical (unpaired) electrons. The van der Waals surface area contributed by atoms with E-state index in [9.17, 15) is 0 Å². The summed E-state index contributed by atoms with van der Waals surface area (Å²) in [7, 11) is 3.20. The van der Waals surface area contributed by atoms with Crippen molar-refractivity contribution in [2.24, 2.45) is 0 Å². The summed E-state index contributed by atoms with van der Waals surface area (Å²) in [6.07, 6.45) is 4.49. The Morgan fingerprint density at radius 2 is 1.80 bits per heavy atom. The predicted molar refractivity (Wildman–Crippen MR) is 97.2 cm³/mol. The number of hydrogen-bond donors (Lipinski definition) is 1. The first-order valence-electron chi connectivity index (χ1n) is 8.17. The molecule has 0 saturated heterocycles. The molecule has 7 heteroatoms. The molecular formula is C18H19N3O3S. The van der Waals surface area contributed by atoms with Crippen molar-refractivity contribution in [3.05, 3.63) is 28.6 Å². The average molecular weight is 357 g/mol. The number of nitrogens with two attached hydrogens (primary N) is 1. The molecule has 2 aromatic heterocycles. The number of anilines is 1. The summed E-state index contributed by atoms with van der Waals surface area (Å²) < 4.78 is 16.5. The molecule has 6 nitrogen and oxygen atoms in total. The van der Waals surface area contributed by atoms with Crippen molar-refractivity contribution < 1.29 is 13.9 Å². The fraction of sp³-hybridized carbons (Fsp3) is 0.333. The minimum absolute atomic E-state index is 0.436. The summed E-state index contributed by atoms with van der Waals surface area (Å²) in [6.45, 7) is 0. The van der Waals surface area contributed by atoms with Crippen molar-refractivity contribution in [3.8, 4) is 34.4 Å². The van der Waals surface area contributed by atoms with Gasteiger partial charge < -0.3 is 19.6 Å². The molecule has 0 aliphatic heterocycles. The molecule has 1 aliphatic carbocycles. The molecule has 2 N–H and O–H groups in total. The van der Waals surface area contributed by atoms with E-state index in [1.807, 2.05) is 18.2 Å². The highest BCUT2D eigenvalue weighted by molar-refractivity contribution is 7.16. The maximum Gasteiger partial charge on any atom is 0.251 e. The lowest BCUT2D eigenvalue weighted by Crippen LogP contribution is -1.99. The number of benzene rings is 1. The van der Waals surface area contributed by atoms with Crippen LogP contribution < -0.4 is 15.2 Å². The van der Waals surface area contributed by atoms with Gasteiger partial charge in [0.2, 0.25) is 5.89 Å². The van der Waals surface area contributed by atoms with Gasteiger partial charge in [-0.3, -0.25) is 0 Å². The van der Waals surface area contributed by atoms with Crippen LogP contribution >= 0.6 is 11.3 Å². The van der Waals surface area contributed by atoms with E-state index in [-0.39, 0.29) is 0 Å². The van der Waals surface area contributed by atoms with Crippen LogP contribution in [-0.4, -0.2) is 24.4 Å². The highest BCUT2D eigenvalue weighted by Gasteiger charge is 2.24. The number of nitrogens with zero attached hydrogens (tertiary/aromatic N) is 2. The van der Waals surface area contributed by atoms with Crippen LogP contribution in [-0.2, 0) is 12.8 Å². The van der Waals surface area contributed by atoms with Crippen LogP contribution in [0.5, 0.6) is 11.5 Å².